The molecule has 15 heavy (non-hydrogen) atoms. The van der Waals surface area contributed by atoms with Gasteiger partial charge in [0.15, 0.2) is 0 Å². The summed E-state index contributed by atoms with van der Waals surface area (Å²) in [6.07, 6.45) is 5.41. The van der Waals surface area contributed by atoms with Gasteiger partial charge in [-0.25, -0.2) is 4.98 Å². The Morgan fingerprint density at radius 3 is 2.93 bits per heavy atom. The second kappa shape index (κ2) is 4.60. The predicted molar refractivity (Wildman–Crippen MR) is 64.0 cm³/mol. The highest BCUT2D eigenvalue weighted by Gasteiger charge is 2.23. The van der Waals surface area contributed by atoms with E-state index >= 15 is 0 Å². The van der Waals surface area contributed by atoms with Crippen molar-refractivity contribution in [1.82, 2.24) is 10.3 Å². The largest absolute Gasteiger partial charge is 0.328 e. The van der Waals surface area contributed by atoms with Gasteiger partial charge in [-0.3, -0.25) is 0 Å². The number of nitrogens with one attached hydrogen (secondary N) is 1. The summed E-state index contributed by atoms with van der Waals surface area (Å²) in [5.74, 6) is 0. The highest BCUT2D eigenvalue weighted by Crippen LogP contribution is 2.23. The lowest BCUT2D eigenvalue weighted by Gasteiger charge is -2.17. The van der Waals surface area contributed by atoms with Crippen molar-refractivity contribution in [2.75, 3.05) is 0 Å². The number of nitrogens with two attached hydrogens (primary N) is 1. The number of hydrogen-bond acceptors (Lipinski definition) is 4. The van der Waals surface area contributed by atoms with Crippen molar-refractivity contribution in [3.63, 3.8) is 0 Å². The van der Waals surface area contributed by atoms with E-state index in [4.69, 9.17) is 5.73 Å². The van der Waals surface area contributed by atoms with Crippen LogP contribution in [0.4, 0.5) is 0 Å². The molecule has 0 aliphatic heterocycles. The molecule has 1 aromatic rings. The summed E-state index contributed by atoms with van der Waals surface area (Å²) >= 11 is 1.78. The van der Waals surface area contributed by atoms with E-state index in [1.807, 2.05) is 6.20 Å². The second-order valence-corrected chi connectivity index (χ2v) is 5.73. The Bertz CT molecular complexity index is 323. The van der Waals surface area contributed by atoms with Crippen LogP contribution in [0.2, 0.25) is 0 Å². The lowest BCUT2D eigenvalue weighted by molar-refractivity contribution is 0.456. The van der Waals surface area contributed by atoms with Crippen LogP contribution in [0.1, 0.15) is 42.1 Å². The van der Waals surface area contributed by atoms with E-state index < -0.39 is 0 Å². The Balaban J connectivity index is 1.89. The average molecular weight is 225 g/mol. The Labute approximate surface area is 95.1 Å². The lowest BCUT2D eigenvalue weighted by atomic mass is 10.2. The first-order chi connectivity index (χ1) is 7.15. The van der Waals surface area contributed by atoms with Gasteiger partial charge in [0.25, 0.3) is 0 Å². The van der Waals surface area contributed by atoms with Crippen molar-refractivity contribution in [1.29, 1.82) is 0 Å². The van der Waals surface area contributed by atoms with Gasteiger partial charge < -0.3 is 11.1 Å². The SMILES string of the molecule is Cc1cnc(C(C)NC2CCC(N)C2)s1. The third-order valence-corrected chi connectivity index (χ3v) is 4.06. The van der Waals surface area contributed by atoms with Crippen molar-refractivity contribution in [2.45, 2.75) is 51.2 Å². The smallest absolute Gasteiger partial charge is 0.109 e. The fourth-order valence-electron chi connectivity index (χ4n) is 2.16. The Morgan fingerprint density at radius 1 is 1.60 bits per heavy atom. The molecule has 1 fully saturated rings. The monoisotopic (exact) mass is 225 g/mol. The van der Waals surface area contributed by atoms with E-state index in [1.165, 1.54) is 16.3 Å². The van der Waals surface area contributed by atoms with Crippen molar-refractivity contribution in [3.8, 4) is 0 Å². The quantitative estimate of drug-likeness (QED) is 0.827. The molecule has 0 radical (unpaired) electrons. The van der Waals surface area contributed by atoms with Crippen LogP contribution in [0.3, 0.4) is 0 Å². The molecule has 0 amide bonds. The fourth-order valence-corrected chi connectivity index (χ4v) is 2.95. The number of aryl methyl sites for hydroxylation is 1. The van der Waals surface area contributed by atoms with Gasteiger partial charge >= 0.3 is 0 Å². The molecule has 84 valence electrons. The molecule has 1 saturated carbocycles. The second-order valence-electron chi connectivity index (χ2n) is 4.47. The van der Waals surface area contributed by atoms with Gasteiger partial charge in [-0.05, 0) is 33.1 Å². The Kier molecular flexibility index (Phi) is 3.38. The van der Waals surface area contributed by atoms with Gasteiger partial charge in [-0.1, -0.05) is 0 Å². The molecule has 2 rings (SSSR count). The van der Waals surface area contributed by atoms with E-state index in [2.05, 4.69) is 24.1 Å². The molecular weight excluding hydrogens is 206 g/mol. The van der Waals surface area contributed by atoms with E-state index in [0.29, 0.717) is 18.1 Å². The molecule has 4 heteroatoms. The van der Waals surface area contributed by atoms with Crippen LogP contribution in [0.25, 0.3) is 0 Å². The maximum Gasteiger partial charge on any atom is 0.109 e. The zero-order valence-electron chi connectivity index (χ0n) is 9.36. The van der Waals surface area contributed by atoms with Crippen molar-refractivity contribution < 1.29 is 0 Å². The first-order valence-corrected chi connectivity index (χ1v) is 6.40. The number of nitrogens with zero attached hydrogens (tertiary/aromatic N) is 1. The molecule has 3 atom stereocenters. The minimum absolute atomic E-state index is 0.360. The van der Waals surface area contributed by atoms with Gasteiger partial charge in [0.2, 0.25) is 0 Å². The molecule has 0 bridgehead atoms. The maximum atomic E-state index is 5.89. The highest BCUT2D eigenvalue weighted by molar-refractivity contribution is 7.11. The molecule has 0 spiro atoms. The van der Waals surface area contributed by atoms with E-state index in [1.54, 1.807) is 11.3 Å². The predicted octanol–water partition coefficient (Wildman–Crippen LogP) is 1.98. The van der Waals surface area contributed by atoms with E-state index in [0.717, 1.165) is 12.8 Å². The summed E-state index contributed by atoms with van der Waals surface area (Å²) in [4.78, 5) is 5.68. The Hall–Kier alpha value is -0.450. The summed E-state index contributed by atoms with van der Waals surface area (Å²) in [7, 11) is 0. The summed E-state index contributed by atoms with van der Waals surface area (Å²) in [6, 6.07) is 1.34. The normalized spacial score (nSPS) is 28.2. The molecule has 0 saturated heterocycles. The van der Waals surface area contributed by atoms with Gasteiger partial charge in [0.1, 0.15) is 5.01 Å². The number of aromatic nitrogens is 1. The number of thiazole rings is 1. The minimum Gasteiger partial charge on any atom is -0.328 e. The Morgan fingerprint density at radius 2 is 2.40 bits per heavy atom. The molecule has 3 unspecified atom stereocenters. The minimum atomic E-state index is 0.360. The van der Waals surface area contributed by atoms with Crippen molar-refractivity contribution in [2.24, 2.45) is 5.73 Å². The van der Waals surface area contributed by atoms with Crippen LogP contribution in [-0.4, -0.2) is 17.1 Å². The first kappa shape index (κ1) is 11.0. The van der Waals surface area contributed by atoms with Crippen LogP contribution in [0.5, 0.6) is 0 Å². The van der Waals surface area contributed by atoms with Crippen LogP contribution in [0.15, 0.2) is 6.20 Å². The molecular formula is C11H19N3S. The molecule has 3 N–H and O–H groups in total. The highest BCUT2D eigenvalue weighted by atomic mass is 32.1. The zero-order chi connectivity index (χ0) is 10.8. The topological polar surface area (TPSA) is 50.9 Å². The molecule has 1 aromatic heterocycles. The van der Waals surface area contributed by atoms with Crippen LogP contribution in [-0.2, 0) is 0 Å². The van der Waals surface area contributed by atoms with Gasteiger partial charge in [-0.15, -0.1) is 11.3 Å². The van der Waals surface area contributed by atoms with E-state index in [9.17, 15) is 0 Å². The van der Waals surface area contributed by atoms with Gasteiger partial charge in [-0.2, -0.15) is 0 Å². The average Bonchev–Trinajstić information content (AvgIpc) is 2.75. The van der Waals surface area contributed by atoms with Gasteiger partial charge in [0, 0.05) is 23.2 Å². The van der Waals surface area contributed by atoms with E-state index in [-0.39, 0.29) is 0 Å². The summed E-state index contributed by atoms with van der Waals surface area (Å²) in [5.41, 5.74) is 5.89. The third kappa shape index (κ3) is 2.77. The van der Waals surface area contributed by atoms with Crippen molar-refractivity contribution >= 4 is 11.3 Å². The standard InChI is InChI=1S/C11H19N3S/c1-7-6-13-11(15-7)8(2)14-10-4-3-9(12)5-10/h6,8-10,14H,3-5,12H2,1-2H3. The summed E-state index contributed by atoms with van der Waals surface area (Å²) in [5, 5.41) is 4.79. The van der Waals surface area contributed by atoms with Crippen LogP contribution >= 0.6 is 11.3 Å². The van der Waals surface area contributed by atoms with Crippen LogP contribution in [0, 0.1) is 6.92 Å². The lowest BCUT2D eigenvalue weighted by Crippen LogP contribution is -2.30. The fraction of sp³-hybridized carbons (Fsp3) is 0.727. The zero-order valence-corrected chi connectivity index (χ0v) is 10.2. The number of hydrogen-bond donors (Lipinski definition) is 2. The first-order valence-electron chi connectivity index (χ1n) is 5.59. The number of rotatable bonds is 3. The molecule has 1 aliphatic rings. The maximum absolute atomic E-state index is 5.89. The summed E-state index contributed by atoms with van der Waals surface area (Å²) in [6.45, 7) is 4.28. The van der Waals surface area contributed by atoms with Crippen molar-refractivity contribution in [3.05, 3.63) is 16.1 Å². The third-order valence-electron chi connectivity index (χ3n) is 2.97. The molecule has 0 aromatic carbocycles. The van der Waals surface area contributed by atoms with Gasteiger partial charge in [0.05, 0.1) is 6.04 Å². The molecule has 1 aliphatic carbocycles. The molecule has 1 heterocycles. The molecule has 3 nitrogen and oxygen atoms in total. The summed E-state index contributed by atoms with van der Waals surface area (Å²) < 4.78 is 0. The van der Waals surface area contributed by atoms with Crippen LogP contribution < -0.4 is 11.1 Å².